The van der Waals surface area contributed by atoms with Crippen molar-refractivity contribution in [1.82, 2.24) is 15.3 Å². The molecule has 8 nitrogen and oxygen atoms in total. The number of fused-ring (bicyclic) bond motifs is 1. The van der Waals surface area contributed by atoms with Crippen LogP contribution in [-0.2, 0) is 17.8 Å². The third-order valence-electron chi connectivity index (χ3n) is 7.41. The summed E-state index contributed by atoms with van der Waals surface area (Å²) in [6.45, 7) is 0.328. The van der Waals surface area contributed by atoms with Crippen molar-refractivity contribution in [1.29, 1.82) is 0 Å². The number of aromatic hydroxyl groups is 1. The van der Waals surface area contributed by atoms with Crippen LogP contribution in [0, 0.1) is 5.41 Å². The van der Waals surface area contributed by atoms with Crippen molar-refractivity contribution in [3.05, 3.63) is 83.9 Å². The van der Waals surface area contributed by atoms with Crippen LogP contribution in [0.2, 0.25) is 0 Å². The fraction of sp³-hybridized carbons (Fsp3) is 0.323. The number of amides is 1. The van der Waals surface area contributed by atoms with Crippen molar-refractivity contribution in [2.24, 2.45) is 5.41 Å². The maximum atomic E-state index is 13.7. The Hall–Kier alpha value is -4.47. The highest BCUT2D eigenvalue weighted by atomic mass is 19.3. The van der Waals surface area contributed by atoms with E-state index in [1.807, 2.05) is 65.6 Å². The number of rotatable bonds is 10. The maximum absolute atomic E-state index is 13.7. The van der Waals surface area contributed by atoms with Gasteiger partial charge in [0.15, 0.2) is 11.5 Å². The Labute approximate surface area is 236 Å². The summed E-state index contributed by atoms with van der Waals surface area (Å²) in [5.74, 6) is -0.168. The quantitative estimate of drug-likeness (QED) is 0.264. The van der Waals surface area contributed by atoms with Crippen molar-refractivity contribution in [2.45, 2.75) is 39.3 Å². The van der Waals surface area contributed by atoms with Crippen LogP contribution in [0.5, 0.6) is 17.4 Å². The zero-order chi connectivity index (χ0) is 28.8. The summed E-state index contributed by atoms with van der Waals surface area (Å²) in [6.07, 6.45) is 1.70. The molecule has 1 aliphatic rings. The second-order valence-corrected chi connectivity index (χ2v) is 10.1. The van der Waals surface area contributed by atoms with Crippen LogP contribution in [0.1, 0.15) is 30.9 Å². The van der Waals surface area contributed by atoms with Crippen molar-refractivity contribution in [2.75, 3.05) is 24.6 Å². The molecule has 41 heavy (non-hydrogen) atoms. The first-order valence-corrected chi connectivity index (χ1v) is 13.6. The van der Waals surface area contributed by atoms with Crippen LogP contribution in [0.3, 0.4) is 0 Å². The third kappa shape index (κ3) is 6.48. The molecule has 1 aromatic heterocycles. The number of aromatic nitrogens is 2. The first kappa shape index (κ1) is 28.1. The lowest BCUT2D eigenvalue weighted by atomic mass is 9.73. The molecule has 1 amide bonds. The first-order chi connectivity index (χ1) is 19.9. The van der Waals surface area contributed by atoms with E-state index in [1.165, 1.54) is 12.1 Å². The average molecular weight is 563 g/mol. The molecule has 0 bridgehead atoms. The smallest absolute Gasteiger partial charge is 0.387 e. The number of anilines is 1. The van der Waals surface area contributed by atoms with Gasteiger partial charge in [0.2, 0.25) is 17.7 Å². The van der Waals surface area contributed by atoms with Gasteiger partial charge in [0.05, 0.1) is 22.9 Å². The fourth-order valence-corrected chi connectivity index (χ4v) is 5.28. The van der Waals surface area contributed by atoms with E-state index < -0.39 is 12.0 Å². The Morgan fingerprint density at radius 1 is 1.00 bits per heavy atom. The summed E-state index contributed by atoms with van der Waals surface area (Å²) >= 11 is 0. The number of hydrogen-bond donors (Lipinski definition) is 2. The number of halogens is 2. The summed E-state index contributed by atoms with van der Waals surface area (Å²) in [5.41, 5.74) is 1.82. The highest BCUT2D eigenvalue weighted by molar-refractivity contribution is 5.88. The molecule has 2 N–H and O–H groups in total. The van der Waals surface area contributed by atoms with Crippen LogP contribution in [-0.4, -0.2) is 47.3 Å². The van der Waals surface area contributed by atoms with Gasteiger partial charge in [-0.25, -0.2) is 4.98 Å². The summed E-state index contributed by atoms with van der Waals surface area (Å²) < 4.78 is 35.9. The molecule has 0 spiro atoms. The van der Waals surface area contributed by atoms with Gasteiger partial charge in [-0.1, -0.05) is 60.7 Å². The minimum absolute atomic E-state index is 0.0000452. The Bertz CT molecular complexity index is 1480. The molecule has 2 heterocycles. The molecule has 4 aromatic rings. The van der Waals surface area contributed by atoms with Gasteiger partial charge in [0.25, 0.3) is 0 Å². The fourth-order valence-electron chi connectivity index (χ4n) is 5.28. The molecule has 0 aliphatic carbocycles. The number of piperidine rings is 1. The van der Waals surface area contributed by atoms with Gasteiger partial charge in [0.1, 0.15) is 0 Å². The molecular weight excluding hydrogens is 530 g/mol. The minimum atomic E-state index is -3.05. The second-order valence-electron chi connectivity index (χ2n) is 10.1. The maximum Gasteiger partial charge on any atom is 0.387 e. The number of nitrogens with zero attached hydrogens (tertiary/aromatic N) is 3. The average Bonchev–Trinajstić information content (AvgIpc) is 2.98. The molecule has 0 atom stereocenters. The van der Waals surface area contributed by atoms with Crippen LogP contribution in [0.15, 0.2) is 72.8 Å². The van der Waals surface area contributed by atoms with Crippen LogP contribution in [0.25, 0.3) is 10.9 Å². The monoisotopic (exact) mass is 562 g/mol. The van der Waals surface area contributed by atoms with Crippen molar-refractivity contribution in [3.8, 4) is 17.4 Å². The van der Waals surface area contributed by atoms with E-state index >= 15 is 0 Å². The highest BCUT2D eigenvalue weighted by Gasteiger charge is 2.42. The number of alkyl halides is 2. The van der Waals surface area contributed by atoms with Crippen molar-refractivity contribution in [3.63, 3.8) is 0 Å². The van der Waals surface area contributed by atoms with Gasteiger partial charge < -0.3 is 24.8 Å². The highest BCUT2D eigenvalue weighted by Crippen LogP contribution is 2.39. The summed E-state index contributed by atoms with van der Waals surface area (Å²) in [6, 6.07) is 22.5. The molecule has 0 radical (unpaired) electrons. The number of nitrogens with one attached hydrogen (secondary N) is 1. The lowest BCUT2D eigenvalue weighted by Crippen LogP contribution is -2.50. The predicted octanol–water partition coefficient (Wildman–Crippen LogP) is 5.48. The van der Waals surface area contributed by atoms with Gasteiger partial charge in [-0.05, 0) is 43.4 Å². The zero-order valence-corrected chi connectivity index (χ0v) is 22.7. The molecule has 10 heteroatoms. The van der Waals surface area contributed by atoms with Gasteiger partial charge >= 0.3 is 6.61 Å². The lowest BCUT2D eigenvalue weighted by molar-refractivity contribution is -0.132. The molecule has 1 saturated heterocycles. The van der Waals surface area contributed by atoms with E-state index in [4.69, 9.17) is 4.74 Å². The van der Waals surface area contributed by atoms with Crippen LogP contribution < -0.4 is 19.7 Å². The zero-order valence-electron chi connectivity index (χ0n) is 22.7. The van der Waals surface area contributed by atoms with E-state index in [-0.39, 0.29) is 41.2 Å². The molecule has 1 aliphatic heterocycles. The van der Waals surface area contributed by atoms with Gasteiger partial charge in [-0.2, -0.15) is 13.8 Å². The van der Waals surface area contributed by atoms with E-state index in [0.717, 1.165) is 11.1 Å². The first-order valence-electron chi connectivity index (χ1n) is 13.6. The summed E-state index contributed by atoms with van der Waals surface area (Å²) in [5, 5.41) is 14.0. The van der Waals surface area contributed by atoms with Crippen LogP contribution >= 0.6 is 0 Å². The molecular formula is C31H32F2N4O4. The van der Waals surface area contributed by atoms with E-state index in [2.05, 4.69) is 20.0 Å². The van der Waals surface area contributed by atoms with Crippen molar-refractivity contribution < 1.29 is 28.2 Å². The van der Waals surface area contributed by atoms with E-state index in [0.29, 0.717) is 44.4 Å². The molecule has 0 saturated carbocycles. The topological polar surface area (TPSA) is 96.8 Å². The summed E-state index contributed by atoms with van der Waals surface area (Å²) in [7, 11) is 0. The predicted molar refractivity (Wildman–Crippen MR) is 151 cm³/mol. The van der Waals surface area contributed by atoms with Gasteiger partial charge in [0, 0.05) is 25.7 Å². The SMILES string of the molecule is CCOc1cc2nc(N3CCC(Cc4ccccc4)(C(=O)NCc4ccccc4)CC3)nc(O)c2cc1OC(F)F. The van der Waals surface area contributed by atoms with E-state index in [1.54, 1.807) is 6.92 Å². The van der Waals surface area contributed by atoms with E-state index in [9.17, 15) is 18.7 Å². The molecule has 214 valence electrons. The molecule has 3 aromatic carbocycles. The number of ether oxygens (including phenoxy) is 2. The Kier molecular flexibility index (Phi) is 8.47. The second kappa shape index (κ2) is 12.4. The third-order valence-corrected chi connectivity index (χ3v) is 7.41. The lowest BCUT2D eigenvalue weighted by Gasteiger charge is -2.41. The van der Waals surface area contributed by atoms with Gasteiger partial charge in [-0.15, -0.1) is 0 Å². The summed E-state index contributed by atoms with van der Waals surface area (Å²) in [4.78, 5) is 24.5. The number of carbonyl (C=O) groups is 1. The van der Waals surface area contributed by atoms with Crippen LogP contribution in [0.4, 0.5) is 14.7 Å². The molecule has 5 rings (SSSR count). The normalized spacial score (nSPS) is 14.7. The van der Waals surface area contributed by atoms with Crippen molar-refractivity contribution >= 4 is 22.8 Å². The Morgan fingerprint density at radius 3 is 2.29 bits per heavy atom. The number of carbonyl (C=O) groups excluding carboxylic acids is 1. The largest absolute Gasteiger partial charge is 0.493 e. The van der Waals surface area contributed by atoms with Gasteiger partial charge in [-0.3, -0.25) is 4.79 Å². The number of benzene rings is 3. The minimum Gasteiger partial charge on any atom is -0.493 e. The molecule has 1 fully saturated rings. The Balaban J connectivity index is 1.38. The Morgan fingerprint density at radius 2 is 1.66 bits per heavy atom. The molecule has 0 unspecified atom stereocenters. The number of hydrogen-bond acceptors (Lipinski definition) is 7. The standard InChI is InChI=1S/C31H32F2N4O4/c1-2-40-25-18-24-23(17-26(25)41-29(32)33)27(38)36-30(35-24)37-15-13-31(14-16-37,19-21-9-5-3-6-10-21)28(39)34-20-22-11-7-4-8-12-22/h3-12,17-18,29H,2,13-16,19-20H2,1H3,(H,34,39)(H,35,36,38).